The second kappa shape index (κ2) is 5.80. The fraction of sp³-hybridized carbons (Fsp3) is 0.357. The lowest BCUT2D eigenvalue weighted by Crippen LogP contribution is -1.94. The summed E-state index contributed by atoms with van der Waals surface area (Å²) in [6.45, 7) is 4.36. The van der Waals surface area contributed by atoms with Crippen LogP contribution in [0.1, 0.15) is 18.7 Å². The maximum absolute atomic E-state index is 6.16. The van der Waals surface area contributed by atoms with Crippen molar-refractivity contribution in [3.63, 3.8) is 0 Å². The molecule has 0 radical (unpaired) electrons. The van der Waals surface area contributed by atoms with Crippen LogP contribution in [-0.2, 0) is 6.42 Å². The molecular weight excluding hydrogens is 280 g/mol. The van der Waals surface area contributed by atoms with Crippen molar-refractivity contribution < 1.29 is 4.74 Å². The van der Waals surface area contributed by atoms with E-state index in [-0.39, 0.29) is 0 Å². The molecule has 0 fully saturated rings. The standard InChI is InChI=1S/C14H17ClN2OS/c1-8(2)6-12-13(17-14(16)19-12)9-4-5-11(18-3)10(15)7-9/h4-5,7-8H,6H2,1-3H3,(H2,16,17). The smallest absolute Gasteiger partial charge is 0.180 e. The van der Waals surface area contributed by atoms with Gasteiger partial charge in [-0.15, -0.1) is 11.3 Å². The quantitative estimate of drug-likeness (QED) is 0.917. The van der Waals surface area contributed by atoms with Crippen LogP contribution in [0.2, 0.25) is 5.02 Å². The van der Waals surface area contributed by atoms with Gasteiger partial charge in [-0.1, -0.05) is 25.4 Å². The average molecular weight is 297 g/mol. The van der Waals surface area contributed by atoms with Crippen molar-refractivity contribution in [3.8, 4) is 17.0 Å². The van der Waals surface area contributed by atoms with Gasteiger partial charge in [0.1, 0.15) is 5.75 Å². The number of halogens is 1. The first kappa shape index (κ1) is 14.2. The zero-order valence-electron chi connectivity index (χ0n) is 11.2. The summed E-state index contributed by atoms with van der Waals surface area (Å²) >= 11 is 7.71. The Balaban J connectivity index is 2.43. The number of nitrogens with zero attached hydrogens (tertiary/aromatic N) is 1. The fourth-order valence-electron chi connectivity index (χ4n) is 1.92. The zero-order chi connectivity index (χ0) is 14.0. The molecule has 0 saturated carbocycles. The number of aromatic nitrogens is 1. The number of methoxy groups -OCH3 is 1. The van der Waals surface area contributed by atoms with Crippen LogP contribution in [0.4, 0.5) is 5.13 Å². The topological polar surface area (TPSA) is 48.1 Å². The number of nitrogen functional groups attached to an aromatic ring is 1. The molecule has 0 aliphatic heterocycles. The van der Waals surface area contributed by atoms with Gasteiger partial charge in [0.2, 0.25) is 0 Å². The summed E-state index contributed by atoms with van der Waals surface area (Å²) in [5.41, 5.74) is 7.75. The molecule has 0 saturated heterocycles. The SMILES string of the molecule is COc1ccc(-c2nc(N)sc2CC(C)C)cc1Cl. The number of hydrogen-bond donors (Lipinski definition) is 1. The van der Waals surface area contributed by atoms with Crippen molar-refractivity contribution in [3.05, 3.63) is 28.1 Å². The van der Waals surface area contributed by atoms with Crippen molar-refractivity contribution in [1.29, 1.82) is 0 Å². The van der Waals surface area contributed by atoms with Gasteiger partial charge in [0.25, 0.3) is 0 Å². The Morgan fingerprint density at radius 1 is 1.42 bits per heavy atom. The predicted octanol–water partition coefficient (Wildman–Crippen LogP) is 4.25. The molecule has 0 aliphatic carbocycles. The summed E-state index contributed by atoms with van der Waals surface area (Å²) in [6.07, 6.45) is 0.966. The lowest BCUT2D eigenvalue weighted by molar-refractivity contribution is 0.415. The van der Waals surface area contributed by atoms with Gasteiger partial charge in [-0.2, -0.15) is 0 Å². The van der Waals surface area contributed by atoms with E-state index in [0.717, 1.165) is 17.7 Å². The summed E-state index contributed by atoms with van der Waals surface area (Å²) in [5.74, 6) is 1.23. The van der Waals surface area contributed by atoms with E-state index < -0.39 is 0 Å². The molecule has 1 aromatic carbocycles. The molecule has 1 aromatic heterocycles. The first-order chi connectivity index (χ1) is 9.01. The van der Waals surface area contributed by atoms with Gasteiger partial charge < -0.3 is 10.5 Å². The van der Waals surface area contributed by atoms with Gasteiger partial charge >= 0.3 is 0 Å². The van der Waals surface area contributed by atoms with Crippen LogP contribution in [0.3, 0.4) is 0 Å². The van der Waals surface area contributed by atoms with E-state index >= 15 is 0 Å². The lowest BCUT2D eigenvalue weighted by Gasteiger charge is -2.07. The monoisotopic (exact) mass is 296 g/mol. The highest BCUT2D eigenvalue weighted by Gasteiger charge is 2.14. The van der Waals surface area contributed by atoms with Gasteiger partial charge in [-0.25, -0.2) is 4.98 Å². The minimum absolute atomic E-state index is 0.562. The Morgan fingerprint density at radius 3 is 2.74 bits per heavy atom. The predicted molar refractivity (Wildman–Crippen MR) is 82.1 cm³/mol. The second-order valence-corrected chi connectivity index (χ2v) is 6.29. The van der Waals surface area contributed by atoms with Crippen molar-refractivity contribution in [2.45, 2.75) is 20.3 Å². The summed E-state index contributed by atoms with van der Waals surface area (Å²) in [4.78, 5) is 5.63. The van der Waals surface area contributed by atoms with Gasteiger partial charge in [-0.3, -0.25) is 0 Å². The van der Waals surface area contributed by atoms with Crippen LogP contribution in [0.5, 0.6) is 5.75 Å². The third-order valence-electron chi connectivity index (χ3n) is 2.73. The highest BCUT2D eigenvalue weighted by molar-refractivity contribution is 7.15. The number of benzene rings is 1. The number of anilines is 1. The lowest BCUT2D eigenvalue weighted by atomic mass is 10.0. The van der Waals surface area contributed by atoms with E-state index in [0.29, 0.717) is 21.8 Å². The molecule has 2 rings (SSSR count). The molecule has 0 bridgehead atoms. The van der Waals surface area contributed by atoms with E-state index in [1.807, 2.05) is 18.2 Å². The van der Waals surface area contributed by atoms with Gasteiger partial charge in [0.15, 0.2) is 5.13 Å². The number of nitrogens with two attached hydrogens (primary N) is 1. The summed E-state index contributed by atoms with van der Waals surface area (Å²) in [5, 5.41) is 1.18. The van der Waals surface area contributed by atoms with Crippen molar-refractivity contribution in [2.75, 3.05) is 12.8 Å². The number of thiazole rings is 1. The zero-order valence-corrected chi connectivity index (χ0v) is 12.8. The molecular formula is C14H17ClN2OS. The van der Waals surface area contributed by atoms with E-state index in [4.69, 9.17) is 22.1 Å². The van der Waals surface area contributed by atoms with Gasteiger partial charge in [-0.05, 0) is 30.5 Å². The average Bonchev–Trinajstić information content (AvgIpc) is 2.69. The van der Waals surface area contributed by atoms with Crippen LogP contribution in [0.25, 0.3) is 11.3 Å². The first-order valence-corrected chi connectivity index (χ1v) is 7.29. The van der Waals surface area contributed by atoms with Crippen molar-refractivity contribution in [2.24, 2.45) is 5.92 Å². The number of rotatable bonds is 4. The second-order valence-electron chi connectivity index (χ2n) is 4.77. The fourth-order valence-corrected chi connectivity index (χ4v) is 3.24. The minimum Gasteiger partial charge on any atom is -0.495 e. The summed E-state index contributed by atoms with van der Waals surface area (Å²) < 4.78 is 5.16. The molecule has 5 heteroatoms. The molecule has 19 heavy (non-hydrogen) atoms. The Hall–Kier alpha value is -1.26. The largest absolute Gasteiger partial charge is 0.495 e. The van der Waals surface area contributed by atoms with Crippen LogP contribution >= 0.6 is 22.9 Å². The third-order valence-corrected chi connectivity index (χ3v) is 3.93. The highest BCUT2D eigenvalue weighted by atomic mass is 35.5. The molecule has 2 N–H and O–H groups in total. The maximum Gasteiger partial charge on any atom is 0.180 e. The molecule has 0 aliphatic rings. The molecule has 0 unspecified atom stereocenters. The molecule has 1 heterocycles. The van der Waals surface area contributed by atoms with Crippen molar-refractivity contribution in [1.82, 2.24) is 4.98 Å². The van der Waals surface area contributed by atoms with Gasteiger partial charge in [0.05, 0.1) is 17.8 Å². The van der Waals surface area contributed by atoms with Crippen LogP contribution in [0, 0.1) is 5.92 Å². The molecule has 0 amide bonds. The molecule has 102 valence electrons. The Labute approximate surface area is 122 Å². The Kier molecular flexibility index (Phi) is 4.32. The number of ether oxygens (including phenoxy) is 1. The van der Waals surface area contributed by atoms with E-state index in [9.17, 15) is 0 Å². The van der Waals surface area contributed by atoms with Crippen molar-refractivity contribution >= 4 is 28.1 Å². The Morgan fingerprint density at radius 2 is 2.16 bits per heavy atom. The molecule has 3 nitrogen and oxygen atoms in total. The number of hydrogen-bond acceptors (Lipinski definition) is 4. The van der Waals surface area contributed by atoms with Crippen LogP contribution in [-0.4, -0.2) is 12.1 Å². The molecule has 0 spiro atoms. The Bertz CT molecular complexity index is 581. The normalized spacial score (nSPS) is 11.0. The van der Waals surface area contributed by atoms with E-state index in [1.54, 1.807) is 18.4 Å². The summed E-state index contributed by atoms with van der Waals surface area (Å²) in [6, 6.07) is 5.69. The van der Waals surface area contributed by atoms with Crippen LogP contribution in [0.15, 0.2) is 18.2 Å². The molecule has 2 aromatic rings. The third kappa shape index (κ3) is 3.19. The molecule has 0 atom stereocenters. The van der Waals surface area contributed by atoms with E-state index in [2.05, 4.69) is 18.8 Å². The minimum atomic E-state index is 0.562. The summed E-state index contributed by atoms with van der Waals surface area (Å²) in [7, 11) is 1.60. The van der Waals surface area contributed by atoms with Crippen LogP contribution < -0.4 is 10.5 Å². The highest BCUT2D eigenvalue weighted by Crippen LogP contribution is 2.35. The first-order valence-electron chi connectivity index (χ1n) is 6.10. The van der Waals surface area contributed by atoms with Gasteiger partial charge in [0, 0.05) is 10.4 Å². The van der Waals surface area contributed by atoms with E-state index in [1.165, 1.54) is 4.88 Å². The maximum atomic E-state index is 6.16.